The summed E-state index contributed by atoms with van der Waals surface area (Å²) in [6, 6.07) is 4.91. The zero-order valence-corrected chi connectivity index (χ0v) is 13.1. The highest BCUT2D eigenvalue weighted by Gasteiger charge is 2.14. The maximum atomic E-state index is 11.6. The van der Waals surface area contributed by atoms with Crippen molar-refractivity contribution in [2.45, 2.75) is 0 Å². The van der Waals surface area contributed by atoms with Gasteiger partial charge in [0.05, 0.1) is 22.7 Å². The van der Waals surface area contributed by atoms with Gasteiger partial charge in [-0.05, 0) is 34.1 Å². The van der Waals surface area contributed by atoms with Gasteiger partial charge in [0.15, 0.2) is 12.6 Å². The van der Waals surface area contributed by atoms with Crippen LogP contribution in [-0.4, -0.2) is 36.9 Å². The van der Waals surface area contributed by atoms with Crippen molar-refractivity contribution in [3.63, 3.8) is 0 Å². The molecule has 0 atom stereocenters. The second kappa shape index (κ2) is 7.14. The van der Waals surface area contributed by atoms with E-state index in [4.69, 9.17) is 14.2 Å². The van der Waals surface area contributed by atoms with Crippen LogP contribution in [-0.2, 0) is 9.47 Å². The number of nitrogens with zero attached hydrogens (tertiary/aromatic N) is 2. The summed E-state index contributed by atoms with van der Waals surface area (Å²) in [5.41, 5.74) is 1.04. The number of benzene rings is 1. The van der Waals surface area contributed by atoms with E-state index in [1.165, 1.54) is 14.2 Å². The summed E-state index contributed by atoms with van der Waals surface area (Å²) in [5, 5.41) is 0. The fourth-order valence-electron chi connectivity index (χ4n) is 1.65. The Morgan fingerprint density at radius 3 is 2.57 bits per heavy atom. The number of methoxy groups -OCH3 is 2. The van der Waals surface area contributed by atoms with Crippen LogP contribution >= 0.6 is 15.9 Å². The lowest BCUT2D eigenvalue weighted by Crippen LogP contribution is -2.05. The molecule has 0 spiro atoms. The third-order valence-corrected chi connectivity index (χ3v) is 3.01. The number of hydrogen-bond donors (Lipinski definition) is 0. The van der Waals surface area contributed by atoms with Crippen molar-refractivity contribution in [1.82, 2.24) is 9.97 Å². The molecule has 2 aromatic rings. The predicted molar refractivity (Wildman–Crippen MR) is 79.0 cm³/mol. The molecule has 21 heavy (non-hydrogen) atoms. The van der Waals surface area contributed by atoms with Gasteiger partial charge >= 0.3 is 5.97 Å². The summed E-state index contributed by atoms with van der Waals surface area (Å²) < 4.78 is 15.8. The molecule has 0 unspecified atom stereocenters. The number of carbonyl (C=O) groups is 1. The van der Waals surface area contributed by atoms with Crippen LogP contribution in [0, 0.1) is 0 Å². The maximum absolute atomic E-state index is 11.6. The minimum absolute atomic E-state index is 0.0498. The van der Waals surface area contributed by atoms with E-state index >= 15 is 0 Å². The zero-order valence-electron chi connectivity index (χ0n) is 11.5. The van der Waals surface area contributed by atoms with E-state index < -0.39 is 5.97 Å². The maximum Gasteiger partial charge on any atom is 0.337 e. The van der Waals surface area contributed by atoms with E-state index in [0.29, 0.717) is 22.7 Å². The fraction of sp³-hybridized carbons (Fsp3) is 0.214. The second-order valence-electron chi connectivity index (χ2n) is 3.98. The topological polar surface area (TPSA) is 70.5 Å². The highest BCUT2D eigenvalue weighted by Crippen LogP contribution is 2.29. The minimum Gasteiger partial charge on any atom is -0.467 e. The van der Waals surface area contributed by atoms with Gasteiger partial charge in [-0.15, -0.1) is 0 Å². The average molecular weight is 353 g/mol. The van der Waals surface area contributed by atoms with Crippen LogP contribution in [0.5, 0.6) is 5.75 Å². The van der Waals surface area contributed by atoms with Gasteiger partial charge in [0, 0.05) is 19.5 Å². The smallest absolute Gasteiger partial charge is 0.337 e. The summed E-state index contributed by atoms with van der Waals surface area (Å²) in [7, 11) is 2.84. The predicted octanol–water partition coefficient (Wildman–Crippen LogP) is 2.68. The SMILES string of the molecule is COCOc1cc(C(=O)OC)ccc1-c1ncc(Br)cn1. The molecule has 1 aromatic carbocycles. The van der Waals surface area contributed by atoms with Crippen LogP contribution in [0.15, 0.2) is 35.1 Å². The molecule has 0 fully saturated rings. The van der Waals surface area contributed by atoms with E-state index in [1.807, 2.05) is 0 Å². The van der Waals surface area contributed by atoms with Gasteiger partial charge in [-0.3, -0.25) is 0 Å². The molecule has 0 bridgehead atoms. The Morgan fingerprint density at radius 1 is 1.24 bits per heavy atom. The molecular formula is C14H13BrN2O4. The Hall–Kier alpha value is -1.99. The van der Waals surface area contributed by atoms with Gasteiger partial charge in [0.2, 0.25) is 0 Å². The Labute approximate surface area is 130 Å². The van der Waals surface area contributed by atoms with Crippen molar-refractivity contribution in [2.24, 2.45) is 0 Å². The molecule has 0 aliphatic carbocycles. The van der Waals surface area contributed by atoms with Gasteiger partial charge in [-0.25, -0.2) is 14.8 Å². The Morgan fingerprint density at radius 2 is 1.95 bits per heavy atom. The van der Waals surface area contributed by atoms with Crippen molar-refractivity contribution in [1.29, 1.82) is 0 Å². The lowest BCUT2D eigenvalue weighted by Gasteiger charge is -2.11. The van der Waals surface area contributed by atoms with Crippen molar-refractivity contribution in [3.8, 4) is 17.1 Å². The first kappa shape index (κ1) is 15.4. The molecule has 1 heterocycles. The largest absolute Gasteiger partial charge is 0.467 e. The number of carbonyl (C=O) groups excluding carboxylic acids is 1. The number of aromatic nitrogens is 2. The highest BCUT2D eigenvalue weighted by atomic mass is 79.9. The third kappa shape index (κ3) is 3.77. The van der Waals surface area contributed by atoms with Crippen molar-refractivity contribution >= 4 is 21.9 Å². The van der Waals surface area contributed by atoms with Crippen LogP contribution in [0.3, 0.4) is 0 Å². The Balaban J connectivity index is 2.43. The van der Waals surface area contributed by atoms with Crippen LogP contribution in [0.25, 0.3) is 11.4 Å². The van der Waals surface area contributed by atoms with E-state index in [0.717, 1.165) is 4.47 Å². The first-order valence-electron chi connectivity index (χ1n) is 5.97. The Kier molecular flexibility index (Phi) is 5.24. The van der Waals surface area contributed by atoms with E-state index in [1.54, 1.807) is 30.6 Å². The van der Waals surface area contributed by atoms with Gasteiger partial charge in [-0.1, -0.05) is 0 Å². The van der Waals surface area contributed by atoms with Gasteiger partial charge in [-0.2, -0.15) is 0 Å². The molecule has 0 saturated heterocycles. The van der Waals surface area contributed by atoms with Crippen molar-refractivity contribution < 1.29 is 19.0 Å². The molecule has 2 rings (SSSR count). The third-order valence-electron chi connectivity index (χ3n) is 2.60. The molecule has 0 aliphatic rings. The lowest BCUT2D eigenvalue weighted by molar-refractivity contribution is 0.0507. The second-order valence-corrected chi connectivity index (χ2v) is 4.89. The van der Waals surface area contributed by atoms with Gasteiger partial charge in [0.1, 0.15) is 5.75 Å². The summed E-state index contributed by atoms with van der Waals surface area (Å²) in [5.74, 6) is 0.489. The fourth-order valence-corrected chi connectivity index (χ4v) is 1.85. The molecule has 110 valence electrons. The normalized spacial score (nSPS) is 10.2. The van der Waals surface area contributed by atoms with Gasteiger partial charge < -0.3 is 14.2 Å². The monoisotopic (exact) mass is 352 g/mol. The number of ether oxygens (including phenoxy) is 3. The van der Waals surface area contributed by atoms with E-state index in [2.05, 4.69) is 25.9 Å². The van der Waals surface area contributed by atoms with E-state index in [9.17, 15) is 4.79 Å². The molecule has 6 nitrogen and oxygen atoms in total. The summed E-state index contributed by atoms with van der Waals surface area (Å²) in [6.45, 7) is 0.0498. The molecule has 0 amide bonds. The number of esters is 1. The Bertz CT molecular complexity index is 631. The molecular weight excluding hydrogens is 340 g/mol. The zero-order chi connectivity index (χ0) is 15.2. The summed E-state index contributed by atoms with van der Waals surface area (Å²) >= 11 is 3.28. The highest BCUT2D eigenvalue weighted by molar-refractivity contribution is 9.10. The standard InChI is InChI=1S/C14H13BrN2O4/c1-19-8-21-12-5-9(14(18)20-2)3-4-11(12)13-16-6-10(15)7-17-13/h3-7H,8H2,1-2H3. The number of rotatable bonds is 5. The number of halogens is 1. The average Bonchev–Trinajstić information content (AvgIpc) is 2.52. The van der Waals surface area contributed by atoms with Crippen LogP contribution in [0.4, 0.5) is 0 Å². The molecule has 7 heteroatoms. The molecule has 0 radical (unpaired) electrons. The van der Waals surface area contributed by atoms with Crippen molar-refractivity contribution in [2.75, 3.05) is 21.0 Å². The van der Waals surface area contributed by atoms with Gasteiger partial charge in [0.25, 0.3) is 0 Å². The lowest BCUT2D eigenvalue weighted by atomic mass is 10.1. The molecule has 0 N–H and O–H groups in total. The minimum atomic E-state index is -0.444. The van der Waals surface area contributed by atoms with Crippen LogP contribution < -0.4 is 4.74 Å². The first-order valence-corrected chi connectivity index (χ1v) is 6.77. The molecule has 1 aromatic heterocycles. The molecule has 0 aliphatic heterocycles. The summed E-state index contributed by atoms with van der Waals surface area (Å²) in [4.78, 5) is 20.0. The number of hydrogen-bond acceptors (Lipinski definition) is 6. The van der Waals surface area contributed by atoms with Crippen molar-refractivity contribution in [3.05, 3.63) is 40.6 Å². The summed E-state index contributed by atoms with van der Waals surface area (Å²) in [6.07, 6.45) is 3.27. The van der Waals surface area contributed by atoms with Crippen LogP contribution in [0.1, 0.15) is 10.4 Å². The molecule has 0 saturated carbocycles. The van der Waals surface area contributed by atoms with E-state index in [-0.39, 0.29) is 6.79 Å². The van der Waals surface area contributed by atoms with Crippen LogP contribution in [0.2, 0.25) is 0 Å². The quantitative estimate of drug-likeness (QED) is 0.608. The first-order chi connectivity index (χ1) is 10.2.